The van der Waals surface area contributed by atoms with E-state index in [-0.39, 0.29) is 11.7 Å². The topological polar surface area (TPSA) is 58.6 Å². The summed E-state index contributed by atoms with van der Waals surface area (Å²) in [4.78, 5) is 11.4. The summed E-state index contributed by atoms with van der Waals surface area (Å²) in [6.45, 7) is 2.94. The molecule has 0 spiro atoms. The number of ether oxygens (including phenoxy) is 1. The van der Waals surface area contributed by atoms with Gasteiger partial charge < -0.3 is 15.2 Å². The normalized spacial score (nSPS) is 13.3. The fourth-order valence-corrected chi connectivity index (χ4v) is 1.95. The molecule has 0 saturated carbocycles. The zero-order valence-electron chi connectivity index (χ0n) is 10.4. The largest absolute Gasteiger partial charge is 0.508 e. The van der Waals surface area contributed by atoms with E-state index in [1.165, 1.54) is 0 Å². The molecular formula is C14H17NO3. The smallest absolute Gasteiger partial charge is 0.220 e. The Morgan fingerprint density at radius 2 is 2.33 bits per heavy atom. The number of rotatable bonds is 4. The molecule has 1 aromatic rings. The van der Waals surface area contributed by atoms with Gasteiger partial charge in [-0.3, -0.25) is 4.79 Å². The Bertz CT molecular complexity index is 563. The Morgan fingerprint density at radius 3 is 3.11 bits per heavy atom. The van der Waals surface area contributed by atoms with Gasteiger partial charge in [0, 0.05) is 18.2 Å². The summed E-state index contributed by atoms with van der Waals surface area (Å²) in [5, 5.41) is 14.2. The fraction of sp³-hybridized carbons (Fsp3) is 0.357. The third kappa shape index (κ3) is 2.83. The molecule has 0 atom stereocenters. The number of carbonyl (C=O) groups excluding carboxylic acids is 1. The quantitative estimate of drug-likeness (QED) is 0.800. The second-order valence-corrected chi connectivity index (χ2v) is 4.33. The van der Waals surface area contributed by atoms with Gasteiger partial charge in [0.05, 0.1) is 6.26 Å². The van der Waals surface area contributed by atoms with Gasteiger partial charge in [0.15, 0.2) is 0 Å². The molecule has 96 valence electrons. The molecule has 0 unspecified atom stereocenters. The van der Waals surface area contributed by atoms with Crippen LogP contribution >= 0.6 is 0 Å². The minimum absolute atomic E-state index is 0.0554. The molecular weight excluding hydrogens is 230 g/mol. The van der Waals surface area contributed by atoms with Crippen molar-refractivity contribution in [1.29, 1.82) is 0 Å². The molecule has 4 heteroatoms. The number of amides is 1. The van der Waals surface area contributed by atoms with Gasteiger partial charge in [-0.25, -0.2) is 0 Å². The number of fused-ring (bicyclic) bond motifs is 1. The number of phenols is 1. The average molecular weight is 247 g/mol. The van der Waals surface area contributed by atoms with Crippen molar-refractivity contribution in [2.75, 3.05) is 13.2 Å². The Balaban J connectivity index is 2.21. The Hall–Kier alpha value is -1.97. The van der Waals surface area contributed by atoms with Crippen molar-refractivity contribution in [3.8, 4) is 5.75 Å². The van der Waals surface area contributed by atoms with Gasteiger partial charge in [0.25, 0.3) is 0 Å². The van der Waals surface area contributed by atoms with Crippen molar-refractivity contribution in [2.45, 2.75) is 19.8 Å². The van der Waals surface area contributed by atoms with E-state index in [9.17, 15) is 9.90 Å². The predicted molar refractivity (Wildman–Crippen MR) is 69.1 cm³/mol. The van der Waals surface area contributed by atoms with E-state index in [1.807, 2.05) is 13.0 Å². The Morgan fingerprint density at radius 1 is 1.50 bits per heavy atom. The highest BCUT2D eigenvalue weighted by atomic mass is 16.5. The standard InChI is InChI=1S/C14H17NO3/c1-2-3-14(17)15-7-11-9-18-8-10-6-12(16)4-5-13(10)11/h4-6,8,16H,2-3,7,9H2,1H3,(H,15,17). The molecule has 2 N–H and O–H groups in total. The molecule has 18 heavy (non-hydrogen) atoms. The van der Waals surface area contributed by atoms with Crippen molar-refractivity contribution in [3.05, 3.63) is 28.6 Å². The second-order valence-electron chi connectivity index (χ2n) is 4.33. The third-order valence-corrected chi connectivity index (χ3v) is 2.86. The summed E-state index contributed by atoms with van der Waals surface area (Å²) in [6, 6.07) is 5.15. The monoisotopic (exact) mass is 247 g/mol. The number of hydrogen-bond donors (Lipinski definition) is 2. The second kappa shape index (κ2) is 5.58. The van der Waals surface area contributed by atoms with E-state index >= 15 is 0 Å². The summed E-state index contributed by atoms with van der Waals surface area (Å²) in [6.07, 6.45) is 3.02. The first kappa shape index (κ1) is 12.5. The van der Waals surface area contributed by atoms with Crippen LogP contribution in [0.25, 0.3) is 11.8 Å². The van der Waals surface area contributed by atoms with E-state index in [0.29, 0.717) is 19.6 Å². The van der Waals surface area contributed by atoms with Crippen LogP contribution in [0.4, 0.5) is 0 Å². The first-order chi connectivity index (χ1) is 8.70. The zero-order valence-corrected chi connectivity index (χ0v) is 10.4. The molecule has 1 aromatic carbocycles. The van der Waals surface area contributed by atoms with Crippen LogP contribution in [-0.4, -0.2) is 24.2 Å². The van der Waals surface area contributed by atoms with E-state index < -0.39 is 0 Å². The summed E-state index contributed by atoms with van der Waals surface area (Å²) < 4.78 is 5.33. The molecule has 0 fully saturated rings. The zero-order chi connectivity index (χ0) is 13.0. The molecule has 1 amide bonds. The lowest BCUT2D eigenvalue weighted by Gasteiger charge is -2.13. The van der Waals surface area contributed by atoms with Crippen LogP contribution in [0.1, 0.15) is 19.8 Å². The minimum Gasteiger partial charge on any atom is -0.508 e. The molecule has 0 aromatic heterocycles. The first-order valence-electron chi connectivity index (χ1n) is 6.10. The lowest BCUT2D eigenvalue weighted by atomic mass is 10.1. The average Bonchev–Trinajstić information content (AvgIpc) is 2.36. The molecule has 1 aliphatic rings. The number of carbonyl (C=O) groups is 1. The number of benzene rings is 1. The van der Waals surface area contributed by atoms with Crippen LogP contribution in [0.15, 0.2) is 18.2 Å². The van der Waals surface area contributed by atoms with Gasteiger partial charge in [-0.2, -0.15) is 0 Å². The number of aromatic hydroxyl groups is 1. The maximum Gasteiger partial charge on any atom is 0.220 e. The van der Waals surface area contributed by atoms with Gasteiger partial charge >= 0.3 is 0 Å². The van der Waals surface area contributed by atoms with Crippen LogP contribution in [0.5, 0.6) is 5.75 Å². The maximum atomic E-state index is 11.4. The summed E-state index contributed by atoms with van der Waals surface area (Å²) in [7, 11) is 0. The molecule has 1 aliphatic heterocycles. The summed E-state index contributed by atoms with van der Waals surface area (Å²) >= 11 is 0. The predicted octanol–water partition coefficient (Wildman–Crippen LogP) is 0.227. The molecule has 2 rings (SSSR count). The molecule has 0 saturated heterocycles. The fourth-order valence-electron chi connectivity index (χ4n) is 1.95. The van der Waals surface area contributed by atoms with Gasteiger partial charge in [-0.1, -0.05) is 13.0 Å². The third-order valence-electron chi connectivity index (χ3n) is 2.86. The van der Waals surface area contributed by atoms with Crippen LogP contribution in [-0.2, 0) is 9.53 Å². The highest BCUT2D eigenvalue weighted by molar-refractivity contribution is 5.77. The molecule has 1 heterocycles. The molecule has 0 radical (unpaired) electrons. The summed E-state index contributed by atoms with van der Waals surface area (Å²) in [5.41, 5.74) is 1.02. The van der Waals surface area contributed by atoms with Crippen LogP contribution in [0, 0.1) is 0 Å². The number of hydrogen-bond acceptors (Lipinski definition) is 3. The highest BCUT2D eigenvalue weighted by Gasteiger charge is 2.07. The van der Waals surface area contributed by atoms with Gasteiger partial charge in [-0.05, 0) is 29.3 Å². The molecule has 0 bridgehead atoms. The number of nitrogens with one attached hydrogen (secondary N) is 1. The van der Waals surface area contributed by atoms with Crippen molar-refractivity contribution >= 4 is 17.7 Å². The Kier molecular flexibility index (Phi) is 3.87. The van der Waals surface area contributed by atoms with E-state index in [2.05, 4.69) is 5.32 Å². The first-order valence-corrected chi connectivity index (χ1v) is 6.10. The van der Waals surface area contributed by atoms with E-state index in [1.54, 1.807) is 18.4 Å². The van der Waals surface area contributed by atoms with Gasteiger partial charge in [0.2, 0.25) is 5.91 Å². The Labute approximate surface area is 106 Å². The van der Waals surface area contributed by atoms with Crippen molar-refractivity contribution in [2.24, 2.45) is 0 Å². The van der Waals surface area contributed by atoms with Gasteiger partial charge in [-0.15, -0.1) is 0 Å². The number of phenolic OH excluding ortho intramolecular Hbond substituents is 1. The SMILES string of the molecule is CCCC(=O)NCC1=c2ccc(O)cc2=COC1. The van der Waals surface area contributed by atoms with Crippen molar-refractivity contribution in [3.63, 3.8) is 0 Å². The van der Waals surface area contributed by atoms with E-state index in [4.69, 9.17) is 4.74 Å². The van der Waals surface area contributed by atoms with Crippen LogP contribution < -0.4 is 15.8 Å². The lowest BCUT2D eigenvalue weighted by molar-refractivity contribution is -0.120. The molecule has 0 aliphatic carbocycles. The minimum atomic E-state index is 0.0554. The highest BCUT2D eigenvalue weighted by Crippen LogP contribution is 2.03. The van der Waals surface area contributed by atoms with Gasteiger partial charge in [0.1, 0.15) is 12.4 Å². The van der Waals surface area contributed by atoms with Crippen LogP contribution in [0.2, 0.25) is 0 Å². The van der Waals surface area contributed by atoms with Crippen LogP contribution in [0.3, 0.4) is 0 Å². The maximum absolute atomic E-state index is 11.4. The molecule has 4 nitrogen and oxygen atoms in total. The summed E-state index contributed by atoms with van der Waals surface area (Å²) in [5.74, 6) is 0.268. The van der Waals surface area contributed by atoms with Crippen molar-refractivity contribution < 1.29 is 14.6 Å². The van der Waals surface area contributed by atoms with E-state index in [0.717, 1.165) is 22.4 Å². The van der Waals surface area contributed by atoms with Crippen molar-refractivity contribution in [1.82, 2.24) is 5.32 Å². The lowest BCUT2D eigenvalue weighted by Crippen LogP contribution is -2.36.